The van der Waals surface area contributed by atoms with Gasteiger partial charge in [-0.25, -0.2) is 9.37 Å². The highest BCUT2D eigenvalue weighted by Crippen LogP contribution is 2.39. The summed E-state index contributed by atoms with van der Waals surface area (Å²) < 4.78 is 27.2. The number of aryl methyl sites for hydroxylation is 1. The number of likely N-dealkylation sites (tertiary alicyclic amines) is 1. The molecule has 1 saturated heterocycles. The number of nitrogens with zero attached hydrogens (tertiary/aromatic N) is 2. The average molecular weight is 443 g/mol. The Morgan fingerprint density at radius 1 is 1.34 bits per heavy atom. The molecule has 0 aliphatic carbocycles. The van der Waals surface area contributed by atoms with E-state index in [2.05, 4.69) is 15.6 Å². The Morgan fingerprint density at radius 3 is 2.69 bits per heavy atom. The second-order valence-corrected chi connectivity index (χ2v) is 9.07. The normalized spacial score (nSPS) is 19.8. The number of aromatic nitrogens is 1. The highest BCUT2D eigenvalue weighted by molar-refractivity contribution is 7.14. The fraction of sp³-hybridized carbons (Fsp3) is 0.444. The number of anilines is 1. The molecule has 1 aliphatic rings. The lowest BCUT2D eigenvalue weighted by Gasteiger charge is -2.26. The van der Waals surface area contributed by atoms with Gasteiger partial charge in [-0.05, 0) is 19.9 Å². The first kappa shape index (κ1) is 21.3. The highest BCUT2D eigenvalue weighted by Gasteiger charge is 2.39. The summed E-state index contributed by atoms with van der Waals surface area (Å²) >= 11 is 2.02. The van der Waals surface area contributed by atoms with Crippen molar-refractivity contribution in [3.63, 3.8) is 0 Å². The van der Waals surface area contributed by atoms with Gasteiger partial charge in [0, 0.05) is 23.1 Å². The monoisotopic (exact) mass is 442 g/mol. The molecule has 3 amide bonds. The summed E-state index contributed by atoms with van der Waals surface area (Å²) in [6.45, 7) is 4.55. The maximum Gasteiger partial charge on any atom is 0.258 e. The number of alkyl halides is 1. The van der Waals surface area contributed by atoms with Crippen LogP contribution in [0.3, 0.4) is 0 Å². The van der Waals surface area contributed by atoms with Crippen LogP contribution in [0.25, 0.3) is 0 Å². The van der Waals surface area contributed by atoms with Gasteiger partial charge in [0.2, 0.25) is 11.8 Å². The molecule has 3 atom stereocenters. The zero-order valence-corrected chi connectivity index (χ0v) is 17.6. The van der Waals surface area contributed by atoms with Gasteiger partial charge in [0.05, 0.1) is 24.3 Å². The van der Waals surface area contributed by atoms with Gasteiger partial charge >= 0.3 is 0 Å². The second-order valence-electron chi connectivity index (χ2n) is 6.80. The van der Waals surface area contributed by atoms with Crippen LogP contribution in [0.5, 0.6) is 0 Å². The number of halogens is 2. The van der Waals surface area contributed by atoms with Gasteiger partial charge in [0.15, 0.2) is 10.3 Å². The zero-order valence-electron chi connectivity index (χ0n) is 16.0. The summed E-state index contributed by atoms with van der Waals surface area (Å²) in [6.07, 6.45) is -0.0465. The van der Waals surface area contributed by atoms with Gasteiger partial charge in [0.1, 0.15) is 12.2 Å². The predicted octanol–water partition coefficient (Wildman–Crippen LogP) is 3.04. The molecule has 7 nitrogen and oxygen atoms in total. The molecule has 0 unspecified atom stereocenters. The van der Waals surface area contributed by atoms with Crippen LogP contribution in [0.15, 0.2) is 12.3 Å². The van der Waals surface area contributed by atoms with Crippen molar-refractivity contribution in [1.29, 1.82) is 0 Å². The summed E-state index contributed by atoms with van der Waals surface area (Å²) in [5.74, 6) is -1.16. The molecule has 11 heteroatoms. The van der Waals surface area contributed by atoms with Crippen LogP contribution in [0.2, 0.25) is 0 Å². The average Bonchev–Trinajstić information content (AvgIpc) is 3.32. The molecule has 156 valence electrons. The first-order valence-electron chi connectivity index (χ1n) is 8.90. The number of carbonyl (C=O) groups excluding carboxylic acids is 3. The van der Waals surface area contributed by atoms with E-state index >= 15 is 0 Å². The Kier molecular flexibility index (Phi) is 6.27. The molecule has 3 heterocycles. The van der Waals surface area contributed by atoms with Gasteiger partial charge in [-0.1, -0.05) is 11.3 Å². The lowest BCUT2D eigenvalue weighted by molar-refractivity contribution is -0.136. The van der Waals surface area contributed by atoms with E-state index in [1.807, 2.05) is 0 Å². The number of carbonyl (C=O) groups is 3. The van der Waals surface area contributed by atoms with Gasteiger partial charge in [-0.15, -0.1) is 11.3 Å². The molecule has 1 aliphatic heterocycles. The minimum Gasteiger partial charge on any atom is -0.345 e. The fourth-order valence-corrected chi connectivity index (χ4v) is 4.98. The Morgan fingerprint density at radius 2 is 2.07 bits per heavy atom. The van der Waals surface area contributed by atoms with Crippen molar-refractivity contribution >= 4 is 45.5 Å². The van der Waals surface area contributed by atoms with Crippen LogP contribution in [0.1, 0.15) is 46.4 Å². The third-order valence-corrected chi connectivity index (χ3v) is 6.38. The molecule has 2 aromatic heterocycles. The summed E-state index contributed by atoms with van der Waals surface area (Å²) in [7, 11) is 0. The first-order valence-corrected chi connectivity index (χ1v) is 10.5. The van der Waals surface area contributed by atoms with Crippen LogP contribution in [-0.2, 0) is 9.59 Å². The summed E-state index contributed by atoms with van der Waals surface area (Å²) in [5, 5.41) is 4.69. The molecule has 0 aromatic carbocycles. The lowest BCUT2D eigenvalue weighted by atomic mass is 10.1. The molecule has 0 radical (unpaired) electrons. The van der Waals surface area contributed by atoms with E-state index in [-0.39, 0.29) is 29.9 Å². The molecular formula is C18H20F2N4O3S2. The Hall–Kier alpha value is -2.40. The molecule has 0 spiro atoms. The van der Waals surface area contributed by atoms with E-state index in [0.29, 0.717) is 15.3 Å². The van der Waals surface area contributed by atoms with Crippen molar-refractivity contribution in [2.75, 3.05) is 11.9 Å². The predicted molar refractivity (Wildman–Crippen MR) is 106 cm³/mol. The number of thiazole rings is 1. The number of rotatable bonds is 5. The van der Waals surface area contributed by atoms with Crippen molar-refractivity contribution in [1.82, 2.24) is 15.2 Å². The molecule has 2 N–H and O–H groups in total. The maximum absolute atomic E-state index is 14.2. The van der Waals surface area contributed by atoms with Crippen LogP contribution in [-0.4, -0.2) is 46.4 Å². The zero-order chi connectivity index (χ0) is 21.3. The lowest BCUT2D eigenvalue weighted by Crippen LogP contribution is -2.46. The van der Waals surface area contributed by atoms with Crippen molar-refractivity contribution in [2.45, 2.75) is 45.4 Å². The molecule has 0 saturated carbocycles. The second kappa shape index (κ2) is 8.54. The smallest absolute Gasteiger partial charge is 0.258 e. The molecule has 3 rings (SSSR count). The third kappa shape index (κ3) is 4.78. The highest BCUT2D eigenvalue weighted by atomic mass is 32.1. The summed E-state index contributed by atoms with van der Waals surface area (Å²) in [4.78, 5) is 43.0. The van der Waals surface area contributed by atoms with Crippen molar-refractivity contribution < 1.29 is 23.2 Å². The topological polar surface area (TPSA) is 91.4 Å². The van der Waals surface area contributed by atoms with E-state index < -0.39 is 29.3 Å². The van der Waals surface area contributed by atoms with Gasteiger partial charge in [0.25, 0.3) is 5.91 Å². The summed E-state index contributed by atoms with van der Waals surface area (Å²) in [6, 6.07) is 0.339. The van der Waals surface area contributed by atoms with Crippen molar-refractivity contribution in [3.8, 4) is 0 Å². The molecule has 29 heavy (non-hydrogen) atoms. The Bertz CT molecular complexity index is 945. The van der Waals surface area contributed by atoms with Gasteiger partial charge in [-0.3, -0.25) is 19.7 Å². The Labute approximate surface area is 174 Å². The van der Waals surface area contributed by atoms with Crippen LogP contribution >= 0.6 is 22.7 Å². The number of amides is 3. The SMILES string of the molecule is CC(=O)N[C@@H](C)C(=O)N1C[C@H](F)C[C@H]1c1cc(C(=O)Nc2ncc(F)s2)c(C)s1. The van der Waals surface area contributed by atoms with Crippen LogP contribution in [0, 0.1) is 12.1 Å². The van der Waals surface area contributed by atoms with E-state index in [0.717, 1.165) is 17.5 Å². The Balaban J connectivity index is 1.80. The van der Waals surface area contributed by atoms with Gasteiger partial charge in [-0.2, -0.15) is 4.39 Å². The molecule has 1 fully saturated rings. The fourth-order valence-electron chi connectivity index (χ4n) is 3.28. The number of nitrogens with one attached hydrogen (secondary N) is 2. The van der Waals surface area contributed by atoms with Crippen LogP contribution in [0.4, 0.5) is 13.9 Å². The summed E-state index contributed by atoms with van der Waals surface area (Å²) in [5.41, 5.74) is 0.366. The van der Waals surface area contributed by atoms with Crippen molar-refractivity contribution in [3.05, 3.63) is 32.7 Å². The van der Waals surface area contributed by atoms with E-state index in [1.54, 1.807) is 19.9 Å². The minimum atomic E-state index is -1.19. The minimum absolute atomic E-state index is 0.0652. The van der Waals surface area contributed by atoms with E-state index in [1.165, 1.54) is 23.2 Å². The van der Waals surface area contributed by atoms with E-state index in [4.69, 9.17) is 0 Å². The van der Waals surface area contributed by atoms with Crippen molar-refractivity contribution in [2.24, 2.45) is 0 Å². The number of hydrogen-bond donors (Lipinski definition) is 2. The molecule has 0 bridgehead atoms. The molecular weight excluding hydrogens is 422 g/mol. The maximum atomic E-state index is 14.2. The standard InChI is InChI=1S/C18H20F2N4O3S2/c1-8(22-10(3)25)17(27)24-7-11(19)4-13(24)14-5-12(9(2)28-14)16(26)23-18-21-6-15(20)29-18/h5-6,8,11,13H,4,7H2,1-3H3,(H,22,25)(H,21,23,26)/t8-,11+,13-/m0/s1. The third-order valence-electron chi connectivity index (χ3n) is 4.53. The quantitative estimate of drug-likeness (QED) is 0.745. The largest absolute Gasteiger partial charge is 0.345 e. The number of thiophene rings is 1. The van der Waals surface area contributed by atoms with Crippen LogP contribution < -0.4 is 10.6 Å². The first-order chi connectivity index (χ1) is 13.7. The molecule has 2 aromatic rings. The van der Waals surface area contributed by atoms with E-state index in [9.17, 15) is 23.2 Å². The number of hydrogen-bond acceptors (Lipinski definition) is 6. The van der Waals surface area contributed by atoms with Gasteiger partial charge < -0.3 is 10.2 Å².